The van der Waals surface area contributed by atoms with Crippen LogP contribution >= 0.6 is 11.8 Å². The van der Waals surface area contributed by atoms with Crippen LogP contribution in [-0.2, 0) is 11.2 Å². The fourth-order valence-corrected chi connectivity index (χ4v) is 4.01. The van der Waals surface area contributed by atoms with Crippen LogP contribution in [0.15, 0.2) is 34.0 Å². The Hall–Kier alpha value is -2.67. The molecule has 0 aromatic heterocycles. The zero-order valence-corrected chi connectivity index (χ0v) is 19.4. The van der Waals surface area contributed by atoms with E-state index in [1.54, 1.807) is 27.4 Å². The molecular formula is C23H29NO5S. The van der Waals surface area contributed by atoms with Crippen LogP contribution in [-0.4, -0.2) is 33.5 Å². The highest BCUT2D eigenvalue weighted by Gasteiger charge is 2.24. The zero-order chi connectivity index (χ0) is 22.4. The number of ether oxygens (including phenoxy) is 3. The van der Waals surface area contributed by atoms with Gasteiger partial charge < -0.3 is 19.5 Å². The van der Waals surface area contributed by atoms with Crippen LogP contribution < -0.4 is 25.0 Å². The molecule has 1 N–H and O–H groups in total. The average molecular weight is 432 g/mol. The first-order valence-electron chi connectivity index (χ1n) is 9.64. The number of aryl methyl sites for hydroxylation is 1. The van der Waals surface area contributed by atoms with Crippen LogP contribution in [0, 0.1) is 0 Å². The molecule has 2 rings (SSSR count). The second-order valence-electron chi connectivity index (χ2n) is 6.73. The standard InChI is InChI=1S/C23H29NO5S/c1-8-15-11-19(27-4)22(28-5)23(29-6)21(15)16-9-10-20(30-7)18(26)12-17(16)13(2)24-14(3)25/h9-13H,8H2,1-7H3,(H,24,25). The normalized spacial score (nSPS) is 11.6. The number of amides is 1. The first kappa shape index (κ1) is 23.6. The fourth-order valence-electron chi connectivity index (χ4n) is 3.55. The van der Waals surface area contributed by atoms with E-state index in [1.807, 2.05) is 38.3 Å². The van der Waals surface area contributed by atoms with Gasteiger partial charge in [-0.2, -0.15) is 0 Å². The molecule has 0 saturated carbocycles. The Kier molecular flexibility index (Phi) is 8.17. The van der Waals surface area contributed by atoms with Crippen molar-refractivity contribution in [2.24, 2.45) is 0 Å². The van der Waals surface area contributed by atoms with Gasteiger partial charge in [0, 0.05) is 12.5 Å². The van der Waals surface area contributed by atoms with Crippen LogP contribution in [0.3, 0.4) is 0 Å². The molecule has 6 nitrogen and oxygen atoms in total. The molecule has 0 heterocycles. The Balaban J connectivity index is 3.00. The molecule has 0 fully saturated rings. The van der Waals surface area contributed by atoms with E-state index in [0.29, 0.717) is 34.1 Å². The smallest absolute Gasteiger partial charge is 0.217 e. The number of hydrogen-bond donors (Lipinski definition) is 1. The number of carbonyl (C=O) groups is 1. The number of nitrogens with one attached hydrogen (secondary N) is 1. The van der Waals surface area contributed by atoms with Gasteiger partial charge >= 0.3 is 0 Å². The van der Waals surface area contributed by atoms with Gasteiger partial charge in [0.2, 0.25) is 11.7 Å². The molecule has 0 spiro atoms. The predicted molar refractivity (Wildman–Crippen MR) is 121 cm³/mol. The minimum absolute atomic E-state index is 0.0987. The van der Waals surface area contributed by atoms with Crippen molar-refractivity contribution >= 4 is 17.7 Å². The number of thioether (sulfide) groups is 1. The maximum atomic E-state index is 12.8. The topological polar surface area (TPSA) is 73.9 Å². The average Bonchev–Trinajstić information content (AvgIpc) is 2.89. The largest absolute Gasteiger partial charge is 0.493 e. The maximum Gasteiger partial charge on any atom is 0.217 e. The number of rotatable bonds is 8. The number of hydrogen-bond acceptors (Lipinski definition) is 6. The van der Waals surface area contributed by atoms with E-state index in [1.165, 1.54) is 18.7 Å². The highest BCUT2D eigenvalue weighted by molar-refractivity contribution is 7.98. The van der Waals surface area contributed by atoms with E-state index < -0.39 is 0 Å². The molecule has 30 heavy (non-hydrogen) atoms. The lowest BCUT2D eigenvalue weighted by atomic mass is 9.91. The van der Waals surface area contributed by atoms with E-state index in [9.17, 15) is 9.59 Å². The zero-order valence-electron chi connectivity index (χ0n) is 18.5. The van der Waals surface area contributed by atoms with Gasteiger partial charge in [0.1, 0.15) is 0 Å². The highest BCUT2D eigenvalue weighted by atomic mass is 32.2. The molecule has 1 atom stereocenters. The predicted octanol–water partition coefficient (Wildman–Crippen LogP) is 4.22. The SMILES string of the molecule is CCc1cc(OC)c(OC)c(OC)c1-c1ccc(SC)c(=O)cc1C(C)NC(C)=O. The molecule has 2 aromatic rings. The summed E-state index contributed by atoms with van der Waals surface area (Å²) >= 11 is 1.38. The van der Waals surface area contributed by atoms with Gasteiger partial charge in [-0.1, -0.05) is 13.0 Å². The summed E-state index contributed by atoms with van der Waals surface area (Å²) < 4.78 is 16.9. The van der Waals surface area contributed by atoms with Crippen LogP contribution in [0.4, 0.5) is 0 Å². The minimum Gasteiger partial charge on any atom is -0.493 e. The molecule has 1 unspecified atom stereocenters. The van der Waals surface area contributed by atoms with Crippen LogP contribution in [0.25, 0.3) is 11.1 Å². The van der Waals surface area contributed by atoms with Crippen molar-refractivity contribution in [3.8, 4) is 28.4 Å². The van der Waals surface area contributed by atoms with E-state index in [-0.39, 0.29) is 17.4 Å². The van der Waals surface area contributed by atoms with Crippen molar-refractivity contribution in [2.45, 2.75) is 38.1 Å². The van der Waals surface area contributed by atoms with Gasteiger partial charge in [-0.15, -0.1) is 11.8 Å². The lowest BCUT2D eigenvalue weighted by Gasteiger charge is -2.22. The van der Waals surface area contributed by atoms with E-state index in [2.05, 4.69) is 5.32 Å². The molecule has 0 bridgehead atoms. The van der Waals surface area contributed by atoms with Crippen molar-refractivity contribution in [1.82, 2.24) is 5.32 Å². The Morgan fingerprint density at radius 2 is 1.77 bits per heavy atom. The molecule has 0 aliphatic carbocycles. The number of benzene rings is 1. The molecular weight excluding hydrogens is 402 g/mol. The lowest BCUT2D eigenvalue weighted by Crippen LogP contribution is -2.24. The Bertz CT molecular complexity index is 990. The third kappa shape index (κ3) is 4.73. The summed E-state index contributed by atoms with van der Waals surface area (Å²) in [5.74, 6) is 1.40. The highest BCUT2D eigenvalue weighted by Crippen LogP contribution is 2.48. The molecule has 0 radical (unpaired) electrons. The second-order valence-corrected chi connectivity index (χ2v) is 7.58. The monoisotopic (exact) mass is 431 g/mol. The van der Waals surface area contributed by atoms with Crippen molar-refractivity contribution in [1.29, 1.82) is 0 Å². The Labute approximate surface area is 181 Å². The summed E-state index contributed by atoms with van der Waals surface area (Å²) in [7, 11) is 4.72. The molecule has 162 valence electrons. The van der Waals surface area contributed by atoms with E-state index >= 15 is 0 Å². The Morgan fingerprint density at radius 3 is 2.27 bits per heavy atom. The third-order valence-corrected chi connectivity index (χ3v) is 5.69. The number of methoxy groups -OCH3 is 3. The summed E-state index contributed by atoms with van der Waals surface area (Å²) in [6.45, 7) is 5.35. The molecule has 0 aliphatic rings. The van der Waals surface area contributed by atoms with Gasteiger partial charge in [-0.05, 0) is 54.5 Å². The summed E-state index contributed by atoms with van der Waals surface area (Å²) in [6, 6.07) is 6.85. The summed E-state index contributed by atoms with van der Waals surface area (Å²) in [4.78, 5) is 25.1. The van der Waals surface area contributed by atoms with Gasteiger partial charge in [0.25, 0.3) is 0 Å². The van der Waals surface area contributed by atoms with Crippen LogP contribution in [0.2, 0.25) is 0 Å². The maximum absolute atomic E-state index is 12.8. The van der Waals surface area contributed by atoms with Gasteiger partial charge in [-0.25, -0.2) is 0 Å². The van der Waals surface area contributed by atoms with Crippen LogP contribution in [0.5, 0.6) is 17.2 Å². The van der Waals surface area contributed by atoms with Crippen LogP contribution in [0.1, 0.15) is 37.9 Å². The molecule has 7 heteroatoms. The molecule has 0 saturated heterocycles. The van der Waals surface area contributed by atoms with Crippen molar-refractivity contribution < 1.29 is 19.0 Å². The molecule has 1 amide bonds. The summed E-state index contributed by atoms with van der Waals surface area (Å²) in [5.41, 5.74) is 3.19. The lowest BCUT2D eigenvalue weighted by molar-refractivity contribution is -0.119. The summed E-state index contributed by atoms with van der Waals surface area (Å²) in [5, 5.41) is 2.89. The quantitative estimate of drug-likeness (QED) is 0.631. The molecule has 0 aliphatic heterocycles. The van der Waals surface area contributed by atoms with Gasteiger partial charge in [0.05, 0.1) is 32.3 Å². The van der Waals surface area contributed by atoms with E-state index in [4.69, 9.17) is 14.2 Å². The van der Waals surface area contributed by atoms with Crippen molar-refractivity contribution in [3.05, 3.63) is 45.6 Å². The van der Waals surface area contributed by atoms with Crippen molar-refractivity contribution in [3.63, 3.8) is 0 Å². The fraction of sp³-hybridized carbons (Fsp3) is 0.391. The summed E-state index contributed by atoms with van der Waals surface area (Å²) in [6.07, 6.45) is 2.57. The first-order valence-corrected chi connectivity index (χ1v) is 10.9. The first-order chi connectivity index (χ1) is 14.3. The third-order valence-electron chi connectivity index (χ3n) is 4.91. The minimum atomic E-state index is -0.380. The van der Waals surface area contributed by atoms with Crippen molar-refractivity contribution in [2.75, 3.05) is 27.6 Å². The number of carbonyl (C=O) groups excluding carboxylic acids is 1. The van der Waals surface area contributed by atoms with E-state index in [0.717, 1.165) is 16.7 Å². The Morgan fingerprint density at radius 1 is 1.10 bits per heavy atom. The van der Waals surface area contributed by atoms with Gasteiger partial charge in [-0.3, -0.25) is 9.59 Å². The second kappa shape index (κ2) is 10.4. The molecule has 2 aromatic carbocycles. The van der Waals surface area contributed by atoms with Gasteiger partial charge in [0.15, 0.2) is 16.9 Å².